The maximum Gasteiger partial charge on any atom is 0.194 e. The van der Waals surface area contributed by atoms with Crippen molar-refractivity contribution in [2.45, 2.75) is 12.8 Å². The molecule has 2 aromatic carbocycles. The molecule has 1 heterocycles. The standard InChI is InChI=1S/C22H14F6N2/c1-2-3-4-16(23)20(27)12-5-6-15(17(24)7-12)14-10-29-22(30-11-14)13-8-18(25)21(28)19(26)9-13/h2,5-11H,1,3-4H2/b20-16+. The lowest BCUT2D eigenvalue weighted by Gasteiger charge is -2.07. The van der Waals surface area contributed by atoms with Crippen LogP contribution in [0.15, 0.2) is 61.2 Å². The molecule has 0 aliphatic carbocycles. The van der Waals surface area contributed by atoms with Crippen molar-refractivity contribution in [3.8, 4) is 22.5 Å². The summed E-state index contributed by atoms with van der Waals surface area (Å²) in [6.07, 6.45) is 3.88. The quantitative estimate of drug-likeness (QED) is 0.245. The van der Waals surface area contributed by atoms with Crippen molar-refractivity contribution in [2.24, 2.45) is 0 Å². The molecule has 0 amide bonds. The van der Waals surface area contributed by atoms with Crippen LogP contribution in [0.25, 0.3) is 28.3 Å². The zero-order valence-corrected chi connectivity index (χ0v) is 15.4. The van der Waals surface area contributed by atoms with Gasteiger partial charge in [-0.2, -0.15) is 0 Å². The number of hydrogen-bond acceptors (Lipinski definition) is 2. The minimum absolute atomic E-state index is 0.0149. The van der Waals surface area contributed by atoms with Crippen LogP contribution in [0, 0.1) is 23.3 Å². The van der Waals surface area contributed by atoms with E-state index in [1.165, 1.54) is 30.6 Å². The van der Waals surface area contributed by atoms with Crippen LogP contribution in [0.3, 0.4) is 0 Å². The molecule has 0 bridgehead atoms. The molecule has 3 rings (SSSR count). The van der Waals surface area contributed by atoms with E-state index in [2.05, 4.69) is 16.5 Å². The maximum atomic E-state index is 14.5. The van der Waals surface area contributed by atoms with Gasteiger partial charge in [0.1, 0.15) is 11.6 Å². The van der Waals surface area contributed by atoms with Gasteiger partial charge in [0.2, 0.25) is 0 Å². The van der Waals surface area contributed by atoms with Gasteiger partial charge < -0.3 is 0 Å². The van der Waals surface area contributed by atoms with E-state index in [1.807, 2.05) is 0 Å². The van der Waals surface area contributed by atoms with E-state index in [0.717, 1.165) is 18.2 Å². The molecule has 0 saturated heterocycles. The van der Waals surface area contributed by atoms with Crippen molar-refractivity contribution >= 4 is 5.83 Å². The third kappa shape index (κ3) is 4.42. The predicted octanol–water partition coefficient (Wildman–Crippen LogP) is 6.94. The van der Waals surface area contributed by atoms with Gasteiger partial charge in [-0.3, -0.25) is 0 Å². The molecule has 0 saturated carbocycles. The minimum atomic E-state index is -1.61. The van der Waals surface area contributed by atoms with E-state index in [4.69, 9.17) is 0 Å². The first-order chi connectivity index (χ1) is 14.3. The Labute approximate surface area is 168 Å². The number of rotatable bonds is 6. The second-order valence-electron chi connectivity index (χ2n) is 6.29. The Kier molecular flexibility index (Phi) is 6.34. The number of hydrogen-bond donors (Lipinski definition) is 0. The second-order valence-corrected chi connectivity index (χ2v) is 6.29. The van der Waals surface area contributed by atoms with E-state index < -0.39 is 34.9 Å². The van der Waals surface area contributed by atoms with Gasteiger partial charge in [0, 0.05) is 41.1 Å². The minimum Gasteiger partial charge on any atom is -0.236 e. The summed E-state index contributed by atoms with van der Waals surface area (Å²) in [5.74, 6) is -7.51. The zero-order valence-electron chi connectivity index (χ0n) is 15.4. The van der Waals surface area contributed by atoms with Crippen LogP contribution in [-0.2, 0) is 0 Å². The Morgan fingerprint density at radius 1 is 0.867 bits per heavy atom. The fourth-order valence-corrected chi connectivity index (χ4v) is 2.68. The van der Waals surface area contributed by atoms with Crippen molar-refractivity contribution in [3.05, 3.63) is 90.0 Å². The molecule has 3 aromatic rings. The molecule has 0 fully saturated rings. The molecule has 1 aromatic heterocycles. The first kappa shape index (κ1) is 21.3. The molecule has 154 valence electrons. The summed E-state index contributed by atoms with van der Waals surface area (Å²) in [6.45, 7) is 3.42. The van der Waals surface area contributed by atoms with E-state index in [1.54, 1.807) is 0 Å². The Hall–Kier alpha value is -3.42. The Balaban J connectivity index is 1.89. The fourth-order valence-electron chi connectivity index (χ4n) is 2.68. The largest absolute Gasteiger partial charge is 0.236 e. The lowest BCUT2D eigenvalue weighted by Crippen LogP contribution is -1.96. The Morgan fingerprint density at radius 2 is 1.50 bits per heavy atom. The smallest absolute Gasteiger partial charge is 0.194 e. The highest BCUT2D eigenvalue weighted by molar-refractivity contribution is 5.69. The summed E-state index contributed by atoms with van der Waals surface area (Å²) in [7, 11) is 0. The van der Waals surface area contributed by atoms with Gasteiger partial charge in [0.25, 0.3) is 0 Å². The molecule has 30 heavy (non-hydrogen) atoms. The first-order valence-corrected chi connectivity index (χ1v) is 8.74. The third-order valence-corrected chi connectivity index (χ3v) is 4.23. The highest BCUT2D eigenvalue weighted by Crippen LogP contribution is 2.30. The van der Waals surface area contributed by atoms with Crippen LogP contribution in [0.5, 0.6) is 0 Å². The summed E-state index contributed by atoms with van der Waals surface area (Å²) in [4.78, 5) is 7.82. The molecule has 2 nitrogen and oxygen atoms in total. The summed E-state index contributed by atoms with van der Waals surface area (Å²) < 4.78 is 82.1. The lowest BCUT2D eigenvalue weighted by atomic mass is 10.0. The average Bonchev–Trinajstić information content (AvgIpc) is 2.75. The van der Waals surface area contributed by atoms with Crippen molar-refractivity contribution < 1.29 is 26.3 Å². The normalized spacial score (nSPS) is 11.9. The molecule has 0 aliphatic rings. The molecule has 0 unspecified atom stereocenters. The molecule has 0 aliphatic heterocycles. The van der Waals surface area contributed by atoms with E-state index >= 15 is 0 Å². The van der Waals surface area contributed by atoms with Crippen LogP contribution in [0.2, 0.25) is 0 Å². The molecule has 0 atom stereocenters. The van der Waals surface area contributed by atoms with Crippen molar-refractivity contribution in [3.63, 3.8) is 0 Å². The van der Waals surface area contributed by atoms with Crippen LogP contribution < -0.4 is 0 Å². The summed E-state index contributed by atoms with van der Waals surface area (Å²) in [6, 6.07) is 4.76. The van der Waals surface area contributed by atoms with Crippen molar-refractivity contribution in [2.75, 3.05) is 0 Å². The number of benzene rings is 2. The molecule has 0 N–H and O–H groups in total. The summed E-state index contributed by atoms with van der Waals surface area (Å²) in [5.41, 5.74) is -0.146. The van der Waals surface area contributed by atoms with Gasteiger partial charge in [-0.1, -0.05) is 18.2 Å². The van der Waals surface area contributed by atoms with Gasteiger partial charge in [-0.25, -0.2) is 36.3 Å². The van der Waals surface area contributed by atoms with Crippen molar-refractivity contribution in [1.82, 2.24) is 9.97 Å². The third-order valence-electron chi connectivity index (χ3n) is 4.23. The van der Waals surface area contributed by atoms with E-state index in [-0.39, 0.29) is 40.9 Å². The van der Waals surface area contributed by atoms with Crippen LogP contribution in [0.1, 0.15) is 18.4 Å². The fraction of sp³-hybridized carbons (Fsp3) is 0.0909. The van der Waals surface area contributed by atoms with E-state index in [0.29, 0.717) is 0 Å². The Morgan fingerprint density at radius 3 is 2.07 bits per heavy atom. The van der Waals surface area contributed by atoms with Gasteiger partial charge in [-0.05, 0) is 24.6 Å². The van der Waals surface area contributed by atoms with Gasteiger partial charge in [-0.15, -0.1) is 6.58 Å². The lowest BCUT2D eigenvalue weighted by molar-refractivity contribution is 0.447. The molecule has 8 heteroatoms. The van der Waals surface area contributed by atoms with Crippen LogP contribution in [-0.4, -0.2) is 9.97 Å². The monoisotopic (exact) mass is 420 g/mol. The average molecular weight is 420 g/mol. The highest BCUT2D eigenvalue weighted by Gasteiger charge is 2.15. The number of aromatic nitrogens is 2. The van der Waals surface area contributed by atoms with Gasteiger partial charge in [0.05, 0.1) is 0 Å². The van der Waals surface area contributed by atoms with Gasteiger partial charge in [0.15, 0.2) is 29.1 Å². The first-order valence-electron chi connectivity index (χ1n) is 8.74. The topological polar surface area (TPSA) is 25.8 Å². The van der Waals surface area contributed by atoms with Crippen molar-refractivity contribution in [1.29, 1.82) is 0 Å². The number of allylic oxidation sites excluding steroid dienone is 2. The van der Waals surface area contributed by atoms with Gasteiger partial charge >= 0.3 is 0 Å². The summed E-state index contributed by atoms with van der Waals surface area (Å²) >= 11 is 0. The van der Waals surface area contributed by atoms with Crippen LogP contribution >= 0.6 is 0 Å². The van der Waals surface area contributed by atoms with E-state index in [9.17, 15) is 26.3 Å². The molecular weight excluding hydrogens is 406 g/mol. The summed E-state index contributed by atoms with van der Waals surface area (Å²) in [5, 5.41) is 0. The molecule has 0 spiro atoms. The number of nitrogens with zero attached hydrogens (tertiary/aromatic N) is 2. The van der Waals surface area contributed by atoms with Crippen LogP contribution in [0.4, 0.5) is 26.3 Å². The second kappa shape index (κ2) is 8.94. The maximum absolute atomic E-state index is 14.5. The highest BCUT2D eigenvalue weighted by atomic mass is 19.2. The molecule has 0 radical (unpaired) electrons. The Bertz CT molecular complexity index is 1100. The number of halogens is 6. The molecular formula is C22H14F6N2. The zero-order chi connectivity index (χ0) is 21.8. The SMILES string of the molecule is C=CCC/C(F)=C(\F)c1ccc(-c2cnc(-c3cc(F)c(F)c(F)c3)nc2)c(F)c1. The predicted molar refractivity (Wildman–Crippen MR) is 101 cm³/mol.